The van der Waals surface area contributed by atoms with Crippen molar-refractivity contribution in [3.05, 3.63) is 29.3 Å². The van der Waals surface area contributed by atoms with E-state index in [0.717, 1.165) is 23.2 Å². The summed E-state index contributed by atoms with van der Waals surface area (Å²) in [5, 5.41) is 2.66. The number of nitrogens with one attached hydrogen (secondary N) is 1. The van der Waals surface area contributed by atoms with E-state index >= 15 is 0 Å². The molecule has 0 aliphatic rings. The van der Waals surface area contributed by atoms with Crippen LogP contribution in [0.3, 0.4) is 0 Å². The van der Waals surface area contributed by atoms with E-state index in [1.807, 2.05) is 37.2 Å². The van der Waals surface area contributed by atoms with E-state index < -0.39 is 0 Å². The van der Waals surface area contributed by atoms with Crippen LogP contribution >= 0.6 is 0 Å². The van der Waals surface area contributed by atoms with Gasteiger partial charge in [-0.25, -0.2) is 0 Å². The van der Waals surface area contributed by atoms with E-state index in [-0.39, 0.29) is 5.91 Å². The average molecular weight is 206 g/mol. The van der Waals surface area contributed by atoms with Crippen molar-refractivity contribution >= 4 is 11.6 Å². The zero-order chi connectivity index (χ0) is 11.4. The fraction of sp³-hybridized carbons (Fsp3) is 0.417. The van der Waals surface area contributed by atoms with Gasteiger partial charge in [0.2, 0.25) is 0 Å². The van der Waals surface area contributed by atoms with Gasteiger partial charge in [-0.1, -0.05) is 13.0 Å². The summed E-state index contributed by atoms with van der Waals surface area (Å²) in [6.45, 7) is 2.06. The normalized spacial score (nSPS) is 9.87. The molecule has 1 amide bonds. The topological polar surface area (TPSA) is 32.3 Å². The summed E-state index contributed by atoms with van der Waals surface area (Å²) in [4.78, 5) is 13.7. The minimum absolute atomic E-state index is 0.0180. The molecule has 0 aliphatic heterocycles. The Kier molecular flexibility index (Phi) is 3.72. The number of hydrogen-bond acceptors (Lipinski definition) is 2. The van der Waals surface area contributed by atoms with Crippen molar-refractivity contribution in [3.8, 4) is 0 Å². The number of carbonyl (C=O) groups excluding carboxylic acids is 1. The van der Waals surface area contributed by atoms with Crippen molar-refractivity contribution in [1.82, 2.24) is 5.32 Å². The maximum Gasteiger partial charge on any atom is 0.251 e. The van der Waals surface area contributed by atoms with E-state index in [1.165, 1.54) is 0 Å². The van der Waals surface area contributed by atoms with Gasteiger partial charge in [-0.05, 0) is 24.1 Å². The Bertz CT molecular complexity index is 359. The van der Waals surface area contributed by atoms with Crippen LogP contribution in [0.4, 0.5) is 5.69 Å². The smallest absolute Gasteiger partial charge is 0.251 e. The van der Waals surface area contributed by atoms with Gasteiger partial charge in [-0.3, -0.25) is 4.79 Å². The molecule has 0 aliphatic carbocycles. The summed E-state index contributed by atoms with van der Waals surface area (Å²) in [6.07, 6.45) is 0.858. The molecule has 1 N–H and O–H groups in total. The fourth-order valence-corrected chi connectivity index (χ4v) is 1.71. The highest BCUT2D eigenvalue weighted by Gasteiger charge is 2.12. The van der Waals surface area contributed by atoms with Crippen LogP contribution in [0.25, 0.3) is 0 Å². The van der Waals surface area contributed by atoms with E-state index in [2.05, 4.69) is 12.2 Å². The Hall–Kier alpha value is -1.51. The fourth-order valence-electron chi connectivity index (χ4n) is 1.71. The lowest BCUT2D eigenvalue weighted by Gasteiger charge is -2.19. The lowest BCUT2D eigenvalue weighted by atomic mass is 10.0. The first-order valence-corrected chi connectivity index (χ1v) is 5.13. The second-order valence-corrected chi connectivity index (χ2v) is 3.63. The van der Waals surface area contributed by atoms with Gasteiger partial charge in [-0.2, -0.15) is 0 Å². The molecule has 0 atom stereocenters. The van der Waals surface area contributed by atoms with Gasteiger partial charge >= 0.3 is 0 Å². The third-order valence-electron chi connectivity index (χ3n) is 2.46. The van der Waals surface area contributed by atoms with E-state index in [4.69, 9.17) is 0 Å². The standard InChI is InChI=1S/C12H18N2O/c1-5-9-10(12(15)13-2)7-6-8-11(9)14(3)4/h6-8H,5H2,1-4H3,(H,13,15). The van der Waals surface area contributed by atoms with Gasteiger partial charge in [0.25, 0.3) is 5.91 Å². The Morgan fingerprint density at radius 3 is 2.53 bits per heavy atom. The number of anilines is 1. The van der Waals surface area contributed by atoms with Gasteiger partial charge < -0.3 is 10.2 Å². The summed E-state index contributed by atoms with van der Waals surface area (Å²) >= 11 is 0. The van der Waals surface area contributed by atoms with Crippen LogP contribution in [0.2, 0.25) is 0 Å². The summed E-state index contributed by atoms with van der Waals surface area (Å²) < 4.78 is 0. The summed E-state index contributed by atoms with van der Waals surface area (Å²) in [7, 11) is 5.63. The molecule has 0 saturated carbocycles. The number of amides is 1. The zero-order valence-corrected chi connectivity index (χ0v) is 9.79. The number of hydrogen-bond donors (Lipinski definition) is 1. The van der Waals surface area contributed by atoms with Crippen molar-refractivity contribution in [2.75, 3.05) is 26.0 Å². The van der Waals surface area contributed by atoms with Crippen molar-refractivity contribution in [1.29, 1.82) is 0 Å². The average Bonchev–Trinajstić information content (AvgIpc) is 2.26. The quantitative estimate of drug-likeness (QED) is 0.816. The monoisotopic (exact) mass is 206 g/mol. The molecule has 82 valence electrons. The van der Waals surface area contributed by atoms with Crippen molar-refractivity contribution in [3.63, 3.8) is 0 Å². The summed E-state index contributed by atoms with van der Waals surface area (Å²) in [5.74, 6) is -0.0180. The van der Waals surface area contributed by atoms with Crippen LogP contribution in [-0.4, -0.2) is 27.1 Å². The highest BCUT2D eigenvalue weighted by atomic mass is 16.1. The first-order chi connectivity index (χ1) is 7.11. The minimum Gasteiger partial charge on any atom is -0.377 e. The molecule has 0 saturated heterocycles. The zero-order valence-electron chi connectivity index (χ0n) is 9.79. The maximum absolute atomic E-state index is 11.6. The predicted octanol–water partition coefficient (Wildman–Crippen LogP) is 1.67. The van der Waals surface area contributed by atoms with Crippen LogP contribution in [-0.2, 0) is 6.42 Å². The molecule has 0 fully saturated rings. The van der Waals surface area contributed by atoms with E-state index in [9.17, 15) is 4.79 Å². The van der Waals surface area contributed by atoms with Crippen LogP contribution in [0, 0.1) is 0 Å². The number of nitrogens with zero attached hydrogens (tertiary/aromatic N) is 1. The summed E-state index contributed by atoms with van der Waals surface area (Å²) in [6, 6.07) is 5.81. The van der Waals surface area contributed by atoms with Crippen LogP contribution in [0.5, 0.6) is 0 Å². The molecule has 0 aromatic heterocycles. The van der Waals surface area contributed by atoms with Crippen molar-refractivity contribution < 1.29 is 4.79 Å². The molecule has 0 spiro atoms. The molecular formula is C12H18N2O. The van der Waals surface area contributed by atoms with Gasteiger partial charge in [0.05, 0.1) is 0 Å². The molecule has 1 aromatic carbocycles. The van der Waals surface area contributed by atoms with Crippen LogP contribution < -0.4 is 10.2 Å². The molecule has 1 rings (SSSR count). The van der Waals surface area contributed by atoms with E-state index in [0.29, 0.717) is 0 Å². The minimum atomic E-state index is -0.0180. The number of rotatable bonds is 3. The Morgan fingerprint density at radius 2 is 2.07 bits per heavy atom. The highest BCUT2D eigenvalue weighted by molar-refractivity contribution is 5.97. The second kappa shape index (κ2) is 4.82. The Morgan fingerprint density at radius 1 is 1.40 bits per heavy atom. The van der Waals surface area contributed by atoms with Crippen molar-refractivity contribution in [2.24, 2.45) is 0 Å². The third kappa shape index (κ3) is 2.29. The first kappa shape index (κ1) is 11.6. The largest absolute Gasteiger partial charge is 0.377 e. The lowest BCUT2D eigenvalue weighted by molar-refractivity contribution is 0.0962. The van der Waals surface area contributed by atoms with Crippen LogP contribution in [0.1, 0.15) is 22.8 Å². The molecule has 0 bridgehead atoms. The molecule has 3 heteroatoms. The molecule has 3 nitrogen and oxygen atoms in total. The molecular weight excluding hydrogens is 188 g/mol. The SMILES string of the molecule is CCc1c(C(=O)NC)cccc1N(C)C. The van der Waals surface area contributed by atoms with Gasteiger partial charge in [-0.15, -0.1) is 0 Å². The summed E-state index contributed by atoms with van der Waals surface area (Å²) in [5.41, 5.74) is 2.98. The highest BCUT2D eigenvalue weighted by Crippen LogP contribution is 2.22. The lowest BCUT2D eigenvalue weighted by Crippen LogP contribution is -2.21. The first-order valence-electron chi connectivity index (χ1n) is 5.13. The molecule has 15 heavy (non-hydrogen) atoms. The van der Waals surface area contributed by atoms with Crippen molar-refractivity contribution in [2.45, 2.75) is 13.3 Å². The van der Waals surface area contributed by atoms with Gasteiger partial charge in [0.1, 0.15) is 0 Å². The predicted molar refractivity (Wildman–Crippen MR) is 63.5 cm³/mol. The Labute approximate surface area is 91.1 Å². The molecule has 1 aromatic rings. The van der Waals surface area contributed by atoms with Gasteiger partial charge in [0, 0.05) is 32.4 Å². The van der Waals surface area contributed by atoms with Gasteiger partial charge in [0.15, 0.2) is 0 Å². The third-order valence-corrected chi connectivity index (χ3v) is 2.46. The molecule has 0 heterocycles. The number of carbonyl (C=O) groups is 1. The van der Waals surface area contributed by atoms with Crippen LogP contribution in [0.15, 0.2) is 18.2 Å². The van der Waals surface area contributed by atoms with E-state index in [1.54, 1.807) is 7.05 Å². The Balaban J connectivity index is 3.28. The second-order valence-electron chi connectivity index (χ2n) is 3.63. The molecule has 0 radical (unpaired) electrons. The number of benzene rings is 1. The maximum atomic E-state index is 11.6. The molecule has 0 unspecified atom stereocenters.